The van der Waals surface area contributed by atoms with E-state index in [4.69, 9.17) is 42.5 Å². The Labute approximate surface area is 571 Å². The van der Waals surface area contributed by atoms with Crippen LogP contribution in [0, 0.1) is 24.7 Å². The van der Waals surface area contributed by atoms with Crippen molar-refractivity contribution < 1.29 is 101 Å². The smallest absolute Gasteiger partial charge is 0.476 e. The Morgan fingerprint density at radius 3 is 1.28 bits per heavy atom. The van der Waals surface area contributed by atoms with Crippen LogP contribution in [0.4, 0.5) is 43.9 Å². The molecule has 7 rings (SSSR count). The van der Waals surface area contributed by atoms with Crippen LogP contribution < -0.4 is 24.4 Å². The van der Waals surface area contributed by atoms with E-state index >= 15 is 0 Å². The third-order valence-corrected chi connectivity index (χ3v) is 18.4. The lowest BCUT2D eigenvalue weighted by Gasteiger charge is -2.32. The zero-order chi connectivity index (χ0) is 73.8. The zero-order valence-electron chi connectivity index (χ0n) is 57.7. The first-order valence-electron chi connectivity index (χ1n) is 30.2. The fourth-order valence-electron chi connectivity index (χ4n) is 7.70. The number of carbonyl (C=O) groups is 2. The molecule has 542 valence electrons. The zero-order valence-corrected chi connectivity index (χ0v) is 61.3. The molecule has 0 N–H and O–H groups in total. The molecular weight excluding hydrogens is 1420 g/mol. The van der Waals surface area contributed by atoms with Gasteiger partial charge in [0.25, 0.3) is 0 Å². The fraction of sp³-hybridized carbons (Fsp3) is 0.600. The van der Waals surface area contributed by atoms with Crippen molar-refractivity contribution in [2.45, 2.75) is 169 Å². The van der Waals surface area contributed by atoms with Crippen LogP contribution in [0.25, 0.3) is 34.4 Å². The molecule has 38 heteroatoms. The minimum Gasteiger partial charge on any atom is -0.476 e. The van der Waals surface area contributed by atoms with Gasteiger partial charge < -0.3 is 47.2 Å². The van der Waals surface area contributed by atoms with Crippen molar-refractivity contribution in [2.75, 3.05) is 53.9 Å². The summed E-state index contributed by atoms with van der Waals surface area (Å²) in [4.78, 5) is 56.4. The van der Waals surface area contributed by atoms with E-state index < -0.39 is 101 Å². The van der Waals surface area contributed by atoms with Gasteiger partial charge in [0, 0.05) is 95.3 Å². The third-order valence-electron chi connectivity index (χ3n) is 14.6. The minimum absolute atomic E-state index is 0.0300. The quantitative estimate of drug-likeness (QED) is 0.0191. The van der Waals surface area contributed by atoms with E-state index in [0.29, 0.717) is 40.6 Å². The summed E-state index contributed by atoms with van der Waals surface area (Å²) in [5.41, 5.74) is 1.42. The van der Waals surface area contributed by atoms with Gasteiger partial charge in [0.2, 0.25) is 23.4 Å². The molecule has 0 amide bonds. The number of alkyl halides is 10. The van der Waals surface area contributed by atoms with Gasteiger partial charge in [-0.2, -0.15) is 63.2 Å². The second-order valence-corrected chi connectivity index (χ2v) is 39.4. The third kappa shape index (κ3) is 23.3. The molecule has 0 saturated carbocycles. The molecule has 1 fully saturated rings. The first-order chi connectivity index (χ1) is 45.0. The first kappa shape index (κ1) is 81.7. The fourth-order valence-corrected chi connectivity index (χ4v) is 9.42. The Balaban J connectivity index is 0.000000279. The topological polar surface area (TPSA) is 265 Å². The highest BCUT2D eigenvalue weighted by Crippen LogP contribution is 2.39. The lowest BCUT2D eigenvalue weighted by atomic mass is 9.77. The highest BCUT2D eigenvalue weighted by molar-refractivity contribution is 9.10. The molecule has 0 atom stereocenters. The Morgan fingerprint density at radius 2 is 0.918 bits per heavy atom. The minimum atomic E-state index is -5.80. The van der Waals surface area contributed by atoms with Gasteiger partial charge in [-0.3, -0.25) is 9.59 Å². The van der Waals surface area contributed by atoms with Gasteiger partial charge in [-0.05, 0) is 108 Å². The molecule has 0 radical (unpaired) electrons. The molecule has 0 bridgehead atoms. The number of aromatic nitrogens is 12. The van der Waals surface area contributed by atoms with Gasteiger partial charge in [-0.25, -0.2) is 29.9 Å². The van der Waals surface area contributed by atoms with Crippen molar-refractivity contribution in [3.05, 3.63) is 64.9 Å². The number of nitrogens with zero attached hydrogens (tertiary/aromatic N) is 12. The van der Waals surface area contributed by atoms with Crippen molar-refractivity contribution in [2.24, 2.45) is 10.8 Å². The molecular formula is C60H82BBrF10N12O12Si2. The van der Waals surface area contributed by atoms with Gasteiger partial charge in [0.1, 0.15) is 26.7 Å². The summed E-state index contributed by atoms with van der Waals surface area (Å²) in [5, 5.41) is 8.13. The van der Waals surface area contributed by atoms with Gasteiger partial charge in [-0.1, -0.05) is 39.3 Å². The van der Waals surface area contributed by atoms with Crippen LogP contribution in [-0.4, -0.2) is 184 Å². The van der Waals surface area contributed by atoms with Crippen LogP contribution in [0.3, 0.4) is 0 Å². The monoisotopic (exact) mass is 1500 g/mol. The largest absolute Gasteiger partial charge is 0.496 e. The van der Waals surface area contributed by atoms with E-state index in [-0.39, 0.29) is 55.9 Å². The summed E-state index contributed by atoms with van der Waals surface area (Å²) in [6, 6.07) is 3.97. The predicted molar refractivity (Wildman–Crippen MR) is 346 cm³/mol. The Kier molecular flexibility index (Phi) is 27.1. The van der Waals surface area contributed by atoms with Gasteiger partial charge >= 0.3 is 55.3 Å². The molecule has 1 aliphatic rings. The number of rotatable bonds is 28. The number of ether oxygens (including phenoxy) is 8. The number of hydrogen-bond donors (Lipinski definition) is 0. The summed E-state index contributed by atoms with van der Waals surface area (Å²) < 4.78 is 185. The van der Waals surface area contributed by atoms with E-state index in [0.717, 1.165) is 38.0 Å². The van der Waals surface area contributed by atoms with Crippen molar-refractivity contribution in [3.8, 4) is 58.2 Å². The second-order valence-electron chi connectivity index (χ2n) is 27.3. The SMILES string of the molecule is COC(=O)C(C)(C)COc1cc(C)c(-c2cnc(-c3nc(OCC(F)(F)C(F)(F)F)n(COCC[Si](C)(C)C)n3)nc2)cn1.COC(=O)C(C)(C)COc1cc(C)c(B2OC(C)(C)C(C)(C)O2)cn1.C[Si](C)(C)CCOCn1nc(-c2ncc(Br)cn2)nc1OCC(F)(F)C(F)(F)F. The maximum Gasteiger partial charge on any atom is 0.496 e. The number of pyridine rings is 2. The van der Waals surface area contributed by atoms with E-state index in [1.165, 1.54) is 39.0 Å². The summed E-state index contributed by atoms with van der Waals surface area (Å²) in [5.74, 6) is -10.4. The number of halogens is 11. The van der Waals surface area contributed by atoms with Crippen molar-refractivity contribution >= 4 is 56.6 Å². The van der Waals surface area contributed by atoms with Crippen LogP contribution in [-0.2, 0) is 51.3 Å². The van der Waals surface area contributed by atoms with Crippen LogP contribution in [0.15, 0.2) is 53.8 Å². The summed E-state index contributed by atoms with van der Waals surface area (Å²) in [7, 11) is -0.617. The van der Waals surface area contributed by atoms with Gasteiger partial charge in [-0.15, -0.1) is 10.2 Å². The van der Waals surface area contributed by atoms with Gasteiger partial charge in [0.15, 0.2) is 24.9 Å². The number of methoxy groups -OCH3 is 2. The maximum absolute atomic E-state index is 13.5. The maximum atomic E-state index is 13.5. The lowest BCUT2D eigenvalue weighted by molar-refractivity contribution is -0.290. The number of aryl methyl sites for hydroxylation is 2. The molecule has 0 aliphatic carbocycles. The number of carbonyl (C=O) groups excluding carboxylic acids is 2. The number of esters is 2. The van der Waals surface area contributed by atoms with Crippen LogP contribution in [0.5, 0.6) is 23.8 Å². The molecule has 98 heavy (non-hydrogen) atoms. The normalized spacial score (nSPS) is 14.4. The molecule has 1 saturated heterocycles. The van der Waals surface area contributed by atoms with E-state index in [1.54, 1.807) is 46.2 Å². The Morgan fingerprint density at radius 1 is 0.541 bits per heavy atom. The average Bonchev–Trinajstić information content (AvgIpc) is 1.62. The van der Waals surface area contributed by atoms with Crippen LogP contribution in [0.2, 0.25) is 51.4 Å². The summed E-state index contributed by atoms with van der Waals surface area (Å²) in [6.07, 6.45) is -2.57. The molecule has 6 aromatic heterocycles. The summed E-state index contributed by atoms with van der Waals surface area (Å²) in [6.45, 7) is 28.0. The Hall–Kier alpha value is -7.00. The molecule has 7 heterocycles. The molecule has 1 aliphatic heterocycles. The second kappa shape index (κ2) is 32.5. The highest BCUT2D eigenvalue weighted by atomic mass is 79.9. The predicted octanol–water partition coefficient (Wildman–Crippen LogP) is 12.2. The average molecular weight is 1500 g/mol. The number of hydrogen-bond acceptors (Lipinski definition) is 22. The molecule has 0 unspecified atom stereocenters. The standard InChI is InChI=1S/C27H35F5N6O5Si.C18H28BNO5.C15H19BrF5N5O2Si/c1-17-10-20(42-14-25(2,3)23(39)40-4)33-13-19(17)18-11-34-21(35-12-18)22-36-24(43-15-26(28,29)27(30,31)32)38(37-22)16-41-8-9-44(5,6)7;1-12-9-14(23-11-16(2,3)15(21)22-8)20-10-13(12)19-24-17(4,5)18(6,7)25-19;1-29(2,3)5-4-27-9-26-13(28-8-14(17,18)15(19,20)21)24-12(25-26)11-22-6-10(16)7-23-11/h10-13H,8-9,14-16H2,1-7H3;9-10H,11H2,1-8H3;6-7H,4-5,8-9H2,1-3H3. The van der Waals surface area contributed by atoms with Crippen LogP contribution >= 0.6 is 15.9 Å². The first-order valence-corrected chi connectivity index (χ1v) is 38.4. The van der Waals surface area contributed by atoms with Crippen molar-refractivity contribution in [3.63, 3.8) is 0 Å². The molecule has 0 spiro atoms. The Bertz CT molecular complexity index is 3600. The molecule has 6 aromatic rings. The van der Waals surface area contributed by atoms with Gasteiger partial charge in [0.05, 0.1) is 40.7 Å². The molecule has 24 nitrogen and oxygen atoms in total. The lowest BCUT2D eigenvalue weighted by Crippen LogP contribution is -2.42. The van der Waals surface area contributed by atoms with E-state index in [1.807, 2.05) is 47.6 Å². The molecule has 0 aromatic carbocycles. The van der Waals surface area contributed by atoms with E-state index in [2.05, 4.69) is 110 Å². The van der Waals surface area contributed by atoms with Crippen LogP contribution in [0.1, 0.15) is 66.5 Å². The van der Waals surface area contributed by atoms with Crippen molar-refractivity contribution in [1.82, 2.24) is 59.4 Å². The van der Waals surface area contributed by atoms with E-state index in [9.17, 15) is 53.5 Å². The summed E-state index contributed by atoms with van der Waals surface area (Å²) >= 11 is 3.16. The highest BCUT2D eigenvalue weighted by Gasteiger charge is 2.59. The van der Waals surface area contributed by atoms with Crippen molar-refractivity contribution in [1.29, 1.82) is 0 Å².